The van der Waals surface area contributed by atoms with Crippen LogP contribution in [0.3, 0.4) is 0 Å². The predicted octanol–water partition coefficient (Wildman–Crippen LogP) is 5.14. The third-order valence-corrected chi connectivity index (χ3v) is 5.63. The molecule has 5 heterocycles. The number of aryl methyl sites for hydroxylation is 4. The first-order chi connectivity index (χ1) is 13.5. The van der Waals surface area contributed by atoms with Gasteiger partial charge in [0.2, 0.25) is 0 Å². The van der Waals surface area contributed by atoms with Crippen LogP contribution in [0, 0.1) is 27.7 Å². The zero-order valence-corrected chi connectivity index (χ0v) is 17.8. The molecule has 0 atom stereocenters. The van der Waals surface area contributed by atoms with E-state index in [4.69, 9.17) is 19.9 Å². The molecule has 29 heavy (non-hydrogen) atoms. The maximum Gasteiger partial charge on any atom is 2.00 e. The van der Waals surface area contributed by atoms with Crippen LogP contribution in [0.25, 0.3) is 46.4 Å². The van der Waals surface area contributed by atoms with Crippen LogP contribution in [-0.2, 0) is 16.8 Å². The fourth-order valence-electron chi connectivity index (χ4n) is 3.64. The van der Waals surface area contributed by atoms with Gasteiger partial charge in [-0.25, -0.2) is 9.97 Å². The molecule has 3 aromatic rings. The maximum atomic E-state index is 4.84. The first-order valence-corrected chi connectivity index (χ1v) is 9.43. The second kappa shape index (κ2) is 7.17. The van der Waals surface area contributed by atoms with Crippen molar-refractivity contribution in [2.24, 2.45) is 0 Å². The van der Waals surface area contributed by atoms with Crippen molar-refractivity contribution >= 4 is 46.4 Å². The second-order valence-electron chi connectivity index (χ2n) is 7.36. The molecule has 1 radical (unpaired) electrons. The summed E-state index contributed by atoms with van der Waals surface area (Å²) in [6, 6.07) is 8.23. The number of hydrogen-bond acceptors (Lipinski definition) is 2. The summed E-state index contributed by atoms with van der Waals surface area (Å²) in [5, 5.41) is 0. The third kappa shape index (κ3) is 3.16. The van der Waals surface area contributed by atoms with E-state index in [2.05, 4.69) is 76.3 Å². The molecular formula is C24H20CoN4. The summed E-state index contributed by atoms with van der Waals surface area (Å²) in [7, 11) is 0. The molecule has 5 rings (SSSR count). The van der Waals surface area contributed by atoms with Crippen LogP contribution >= 0.6 is 0 Å². The van der Waals surface area contributed by atoms with Gasteiger partial charge in [-0.05, 0) is 74.3 Å². The van der Waals surface area contributed by atoms with E-state index in [0.29, 0.717) is 0 Å². The zero-order chi connectivity index (χ0) is 19.4. The Morgan fingerprint density at radius 3 is 0.966 bits per heavy atom. The van der Waals surface area contributed by atoms with Gasteiger partial charge in [-0.15, -0.1) is 22.1 Å². The Balaban J connectivity index is 0.00000205. The van der Waals surface area contributed by atoms with Crippen molar-refractivity contribution in [2.75, 3.05) is 0 Å². The molecule has 0 saturated carbocycles. The van der Waals surface area contributed by atoms with E-state index in [1.165, 1.54) is 0 Å². The third-order valence-electron chi connectivity index (χ3n) is 5.63. The fraction of sp³-hybridized carbons (Fsp3) is 0.167. The maximum absolute atomic E-state index is 4.84. The quantitative estimate of drug-likeness (QED) is 0.346. The van der Waals surface area contributed by atoms with E-state index in [-0.39, 0.29) is 16.8 Å². The molecule has 0 aliphatic carbocycles. The molecule has 0 aromatic carbocycles. The smallest absolute Gasteiger partial charge is 0.657 e. The fourth-order valence-corrected chi connectivity index (χ4v) is 3.64. The Bertz CT molecular complexity index is 1150. The van der Waals surface area contributed by atoms with Crippen molar-refractivity contribution in [1.82, 2.24) is 19.9 Å². The van der Waals surface area contributed by atoms with Crippen LogP contribution in [0.1, 0.15) is 45.0 Å². The molecule has 0 unspecified atom stereocenters. The molecule has 3 aromatic heterocycles. The van der Waals surface area contributed by atoms with E-state index in [1.807, 2.05) is 0 Å². The number of fused-ring (bicyclic) bond motifs is 8. The number of rotatable bonds is 0. The summed E-state index contributed by atoms with van der Waals surface area (Å²) in [5.74, 6) is 0. The van der Waals surface area contributed by atoms with Crippen LogP contribution < -0.4 is 9.97 Å². The van der Waals surface area contributed by atoms with Crippen LogP contribution in [0.2, 0.25) is 0 Å². The van der Waals surface area contributed by atoms with Crippen molar-refractivity contribution in [3.63, 3.8) is 0 Å². The van der Waals surface area contributed by atoms with E-state index in [9.17, 15) is 0 Å². The van der Waals surface area contributed by atoms with Crippen molar-refractivity contribution in [3.8, 4) is 0 Å². The molecule has 2 aliphatic rings. The van der Waals surface area contributed by atoms with Gasteiger partial charge in [-0.2, -0.15) is 0 Å². The van der Waals surface area contributed by atoms with Crippen LogP contribution in [0.15, 0.2) is 24.3 Å². The SMILES string of the molecule is Cc1c2nc(c(C)c3ccc([n-]3)c(C)c3nc(c(C)c4ccc1[n-]4)C=C3)C=C2.[Co+2]. The van der Waals surface area contributed by atoms with Gasteiger partial charge in [0.25, 0.3) is 0 Å². The van der Waals surface area contributed by atoms with Gasteiger partial charge in [-0.3, -0.25) is 0 Å². The van der Waals surface area contributed by atoms with E-state index < -0.39 is 0 Å². The Labute approximate surface area is 180 Å². The molecule has 0 spiro atoms. The van der Waals surface area contributed by atoms with Crippen molar-refractivity contribution in [1.29, 1.82) is 0 Å². The van der Waals surface area contributed by atoms with E-state index >= 15 is 0 Å². The number of hydrogen-bond donors (Lipinski definition) is 0. The van der Waals surface area contributed by atoms with Gasteiger partial charge >= 0.3 is 16.8 Å². The normalized spacial score (nSPS) is 12.3. The monoisotopic (exact) mass is 423 g/mol. The van der Waals surface area contributed by atoms with Gasteiger partial charge in [0.05, 0.1) is 22.8 Å². The molecule has 5 heteroatoms. The van der Waals surface area contributed by atoms with E-state index in [1.54, 1.807) is 0 Å². The van der Waals surface area contributed by atoms with Gasteiger partial charge in [0.15, 0.2) is 0 Å². The Kier molecular flexibility index (Phi) is 4.80. The molecule has 2 aliphatic heterocycles. The average Bonchev–Trinajstić information content (AvgIpc) is 3.49. The Morgan fingerprint density at radius 2 is 0.724 bits per heavy atom. The average molecular weight is 423 g/mol. The molecule has 8 bridgehead atoms. The molecule has 4 nitrogen and oxygen atoms in total. The first kappa shape index (κ1) is 19.4. The van der Waals surface area contributed by atoms with Crippen LogP contribution in [0.4, 0.5) is 0 Å². The number of aromatic nitrogens is 4. The Hall–Kier alpha value is -2.89. The van der Waals surface area contributed by atoms with Crippen molar-refractivity contribution in [3.05, 3.63) is 69.3 Å². The minimum Gasteiger partial charge on any atom is -0.657 e. The van der Waals surface area contributed by atoms with Gasteiger partial charge in [-0.1, -0.05) is 24.3 Å². The first-order valence-electron chi connectivity index (χ1n) is 9.43. The predicted molar refractivity (Wildman–Crippen MR) is 116 cm³/mol. The summed E-state index contributed by atoms with van der Waals surface area (Å²) < 4.78 is 0. The van der Waals surface area contributed by atoms with Crippen molar-refractivity contribution < 1.29 is 16.8 Å². The topological polar surface area (TPSA) is 54.0 Å². The largest absolute Gasteiger partial charge is 2.00 e. The van der Waals surface area contributed by atoms with Gasteiger partial charge in [0.1, 0.15) is 0 Å². The summed E-state index contributed by atoms with van der Waals surface area (Å²) in [5.41, 5.74) is 11.9. The molecule has 0 amide bonds. The van der Waals surface area contributed by atoms with Gasteiger partial charge < -0.3 is 9.97 Å². The molecule has 0 N–H and O–H groups in total. The van der Waals surface area contributed by atoms with Crippen LogP contribution in [-0.4, -0.2) is 9.97 Å². The molecule has 0 saturated heterocycles. The summed E-state index contributed by atoms with van der Waals surface area (Å²) >= 11 is 0. The zero-order valence-electron chi connectivity index (χ0n) is 16.7. The second-order valence-corrected chi connectivity index (χ2v) is 7.36. The summed E-state index contributed by atoms with van der Waals surface area (Å²) in [6.45, 7) is 8.29. The number of nitrogens with zero attached hydrogens (tertiary/aromatic N) is 4. The minimum atomic E-state index is 0. The summed E-state index contributed by atoms with van der Waals surface area (Å²) in [6.07, 6.45) is 8.23. The standard InChI is InChI=1S/C24H20N4.Co/c1-13-17-5-7-19(25-17)14(2)21-9-11-23(27-21)16(4)24-12-10-22(28-24)15(3)20-8-6-18(13)26-20;/h5-12H,1-4H3;/q-2;+2. The van der Waals surface area contributed by atoms with Crippen LogP contribution in [0.5, 0.6) is 0 Å². The summed E-state index contributed by atoms with van der Waals surface area (Å²) in [4.78, 5) is 19.4. The molecule has 0 fully saturated rings. The Morgan fingerprint density at radius 1 is 0.483 bits per heavy atom. The molecule has 145 valence electrons. The van der Waals surface area contributed by atoms with Crippen molar-refractivity contribution in [2.45, 2.75) is 27.7 Å². The van der Waals surface area contributed by atoms with Gasteiger partial charge in [0, 0.05) is 0 Å². The van der Waals surface area contributed by atoms with E-state index in [0.717, 1.165) is 67.1 Å². The molecular weight excluding hydrogens is 403 g/mol. The minimum absolute atomic E-state index is 0.